The minimum Gasteiger partial charge on any atom is -0.408 e. The summed E-state index contributed by atoms with van der Waals surface area (Å²) in [5, 5.41) is 10.2. The molecule has 2 aromatic rings. The molecule has 0 amide bonds. The Labute approximate surface area is 112 Å². The second kappa shape index (κ2) is 4.85. The second-order valence-electron chi connectivity index (χ2n) is 6.12. The van der Waals surface area contributed by atoms with Crippen molar-refractivity contribution in [2.24, 2.45) is 5.41 Å². The molecular weight excluding hydrogens is 242 g/mol. The molecule has 0 saturated carbocycles. The van der Waals surface area contributed by atoms with Gasteiger partial charge in [-0.3, -0.25) is 4.57 Å². The first kappa shape index (κ1) is 13.9. The number of aryl methyl sites for hydroxylation is 1. The molecule has 0 bridgehead atoms. The number of aliphatic hydroxyl groups excluding tert-OH is 1. The molecule has 4 nitrogen and oxygen atoms in total. The average molecular weight is 263 g/mol. The highest BCUT2D eigenvalue weighted by atomic mass is 16.4. The van der Waals surface area contributed by atoms with Crippen molar-refractivity contribution in [3.8, 4) is 0 Å². The van der Waals surface area contributed by atoms with Crippen molar-refractivity contribution in [3.63, 3.8) is 0 Å². The number of oxazole rings is 1. The van der Waals surface area contributed by atoms with Gasteiger partial charge in [0, 0.05) is 6.54 Å². The van der Waals surface area contributed by atoms with Gasteiger partial charge in [-0.25, -0.2) is 4.79 Å². The van der Waals surface area contributed by atoms with E-state index in [1.807, 2.05) is 19.1 Å². The molecule has 4 heteroatoms. The van der Waals surface area contributed by atoms with Crippen molar-refractivity contribution in [1.82, 2.24) is 4.57 Å². The summed E-state index contributed by atoms with van der Waals surface area (Å²) < 4.78 is 6.79. The highest BCUT2D eigenvalue weighted by Gasteiger charge is 2.19. The van der Waals surface area contributed by atoms with E-state index >= 15 is 0 Å². The Bertz CT molecular complexity index is 631. The van der Waals surface area contributed by atoms with Crippen LogP contribution >= 0.6 is 0 Å². The number of nitrogens with zero attached hydrogens (tertiary/aromatic N) is 1. The summed E-state index contributed by atoms with van der Waals surface area (Å²) in [4.78, 5) is 11.6. The molecular formula is C15H21NO3. The van der Waals surface area contributed by atoms with Gasteiger partial charge in [0.05, 0.1) is 11.6 Å². The molecule has 1 aromatic heterocycles. The maximum Gasteiger partial charge on any atom is 0.419 e. The Balaban J connectivity index is 2.40. The third-order valence-corrected chi connectivity index (χ3v) is 3.20. The number of hydrogen-bond acceptors (Lipinski definition) is 3. The lowest BCUT2D eigenvalue weighted by molar-refractivity contribution is 0.122. The van der Waals surface area contributed by atoms with Gasteiger partial charge < -0.3 is 9.52 Å². The highest BCUT2D eigenvalue weighted by Crippen LogP contribution is 2.30. The molecule has 0 aliphatic rings. The van der Waals surface area contributed by atoms with Crippen LogP contribution in [0.15, 0.2) is 27.4 Å². The van der Waals surface area contributed by atoms with Gasteiger partial charge in [-0.15, -0.1) is 0 Å². The zero-order valence-corrected chi connectivity index (χ0v) is 11.9. The Kier molecular flexibility index (Phi) is 3.54. The zero-order chi connectivity index (χ0) is 14.2. The van der Waals surface area contributed by atoms with Crippen LogP contribution in [0.5, 0.6) is 0 Å². The van der Waals surface area contributed by atoms with E-state index in [9.17, 15) is 9.90 Å². The fourth-order valence-electron chi connectivity index (χ4n) is 2.29. The van der Waals surface area contributed by atoms with Crippen molar-refractivity contribution in [1.29, 1.82) is 0 Å². The Hall–Kier alpha value is -1.55. The SMILES string of the molecule is CCn1c(=O)oc2cc(C(O)CC(C)(C)C)ccc21. The van der Waals surface area contributed by atoms with Crippen LogP contribution in [-0.2, 0) is 6.54 Å². The van der Waals surface area contributed by atoms with Gasteiger partial charge in [0.15, 0.2) is 5.58 Å². The molecule has 104 valence electrons. The summed E-state index contributed by atoms with van der Waals surface area (Å²) in [5.41, 5.74) is 2.15. The first-order chi connectivity index (χ1) is 8.81. The minimum atomic E-state index is -0.542. The van der Waals surface area contributed by atoms with Crippen LogP contribution in [0.3, 0.4) is 0 Å². The lowest BCUT2D eigenvalue weighted by Gasteiger charge is -2.22. The Morgan fingerprint density at radius 2 is 2.05 bits per heavy atom. The summed E-state index contributed by atoms with van der Waals surface area (Å²) >= 11 is 0. The molecule has 0 fully saturated rings. The molecule has 1 atom stereocenters. The van der Waals surface area contributed by atoms with Crippen LogP contribution in [0.25, 0.3) is 11.1 Å². The summed E-state index contributed by atoms with van der Waals surface area (Å²) in [6.45, 7) is 8.74. The van der Waals surface area contributed by atoms with Gasteiger partial charge in [0.1, 0.15) is 0 Å². The van der Waals surface area contributed by atoms with Gasteiger partial charge in [-0.2, -0.15) is 0 Å². The predicted molar refractivity (Wildman–Crippen MR) is 75.2 cm³/mol. The van der Waals surface area contributed by atoms with Crippen molar-refractivity contribution in [2.75, 3.05) is 0 Å². The van der Waals surface area contributed by atoms with E-state index in [4.69, 9.17) is 4.42 Å². The third kappa shape index (κ3) is 2.89. The number of benzene rings is 1. The van der Waals surface area contributed by atoms with Crippen LogP contribution in [0, 0.1) is 5.41 Å². The summed E-state index contributed by atoms with van der Waals surface area (Å²) in [7, 11) is 0. The standard InChI is InChI=1S/C15H21NO3/c1-5-16-11-7-6-10(8-13(11)19-14(16)18)12(17)9-15(2,3)4/h6-8,12,17H,5,9H2,1-4H3. The first-order valence-electron chi connectivity index (χ1n) is 6.63. The van der Waals surface area contributed by atoms with Crippen molar-refractivity contribution in [2.45, 2.75) is 46.8 Å². The number of hydrogen-bond donors (Lipinski definition) is 1. The van der Waals surface area contributed by atoms with Gasteiger partial charge in [0.2, 0.25) is 0 Å². The van der Waals surface area contributed by atoms with E-state index in [-0.39, 0.29) is 11.2 Å². The molecule has 0 aliphatic heterocycles. The minimum absolute atomic E-state index is 0.0462. The molecule has 0 spiro atoms. The second-order valence-corrected chi connectivity index (χ2v) is 6.12. The fraction of sp³-hybridized carbons (Fsp3) is 0.533. The topological polar surface area (TPSA) is 55.4 Å². The van der Waals surface area contributed by atoms with Crippen LogP contribution in [0.2, 0.25) is 0 Å². The van der Waals surface area contributed by atoms with Crippen LogP contribution < -0.4 is 5.76 Å². The van der Waals surface area contributed by atoms with E-state index in [1.54, 1.807) is 10.6 Å². The van der Waals surface area contributed by atoms with E-state index < -0.39 is 6.10 Å². The lowest BCUT2D eigenvalue weighted by atomic mass is 9.87. The molecule has 1 aromatic carbocycles. The summed E-state index contributed by atoms with van der Waals surface area (Å²) in [6.07, 6.45) is 0.122. The van der Waals surface area contributed by atoms with Crippen LogP contribution in [0.4, 0.5) is 0 Å². The molecule has 1 N–H and O–H groups in total. The number of aromatic nitrogens is 1. The summed E-state index contributed by atoms with van der Waals surface area (Å²) in [6, 6.07) is 5.46. The number of fused-ring (bicyclic) bond motifs is 1. The van der Waals surface area contributed by atoms with Gasteiger partial charge in [-0.1, -0.05) is 26.8 Å². The monoisotopic (exact) mass is 263 g/mol. The molecule has 1 unspecified atom stereocenters. The van der Waals surface area contributed by atoms with Crippen LogP contribution in [0.1, 0.15) is 45.8 Å². The predicted octanol–water partition coefficient (Wildman–Crippen LogP) is 3.08. The smallest absolute Gasteiger partial charge is 0.408 e. The average Bonchev–Trinajstić information content (AvgIpc) is 2.60. The van der Waals surface area contributed by atoms with E-state index in [2.05, 4.69) is 20.8 Å². The molecule has 0 saturated heterocycles. The highest BCUT2D eigenvalue weighted by molar-refractivity contribution is 5.73. The Morgan fingerprint density at radius 3 is 2.63 bits per heavy atom. The van der Waals surface area contributed by atoms with Crippen molar-refractivity contribution >= 4 is 11.1 Å². The third-order valence-electron chi connectivity index (χ3n) is 3.20. The number of rotatable bonds is 3. The Morgan fingerprint density at radius 1 is 1.37 bits per heavy atom. The lowest BCUT2D eigenvalue weighted by Crippen LogP contribution is -2.12. The van der Waals surface area contributed by atoms with Crippen molar-refractivity contribution < 1.29 is 9.52 Å². The molecule has 19 heavy (non-hydrogen) atoms. The molecule has 0 aliphatic carbocycles. The zero-order valence-electron chi connectivity index (χ0n) is 11.9. The van der Waals surface area contributed by atoms with E-state index in [0.717, 1.165) is 11.1 Å². The largest absolute Gasteiger partial charge is 0.419 e. The maximum atomic E-state index is 11.6. The maximum absolute atomic E-state index is 11.6. The number of aliphatic hydroxyl groups is 1. The van der Waals surface area contributed by atoms with Gasteiger partial charge >= 0.3 is 5.76 Å². The summed E-state index contributed by atoms with van der Waals surface area (Å²) in [5.74, 6) is -0.347. The molecule has 1 heterocycles. The van der Waals surface area contributed by atoms with Crippen molar-refractivity contribution in [3.05, 3.63) is 34.3 Å². The van der Waals surface area contributed by atoms with Gasteiger partial charge in [-0.05, 0) is 36.5 Å². The van der Waals surface area contributed by atoms with Gasteiger partial charge in [0.25, 0.3) is 0 Å². The quantitative estimate of drug-likeness (QED) is 0.925. The molecule has 0 radical (unpaired) electrons. The van der Waals surface area contributed by atoms with E-state index in [1.165, 1.54) is 0 Å². The first-order valence-corrected chi connectivity index (χ1v) is 6.63. The fourth-order valence-corrected chi connectivity index (χ4v) is 2.29. The van der Waals surface area contributed by atoms with Crippen LogP contribution in [-0.4, -0.2) is 9.67 Å². The van der Waals surface area contributed by atoms with E-state index in [0.29, 0.717) is 18.5 Å². The normalized spacial score (nSPS) is 13.9. The molecule has 2 rings (SSSR count).